The fourth-order valence-corrected chi connectivity index (χ4v) is 4.27. The molecule has 2 N–H and O–H groups in total. The Hall–Kier alpha value is -2.35. The van der Waals surface area contributed by atoms with E-state index in [1.54, 1.807) is 18.5 Å². The normalized spacial score (nSPS) is 12.7. The average Bonchev–Trinajstić information content (AvgIpc) is 3.09. The average molecular weight is 387 g/mol. The van der Waals surface area contributed by atoms with Crippen LogP contribution in [-0.2, 0) is 17.3 Å². The Balaban J connectivity index is 1.60. The number of nitrogens with zero attached hydrogens (tertiary/aromatic N) is 5. The van der Waals surface area contributed by atoms with Gasteiger partial charge in [-0.05, 0) is 37.3 Å². The van der Waals surface area contributed by atoms with Gasteiger partial charge in [-0.3, -0.25) is 4.21 Å². The Kier molecular flexibility index (Phi) is 6.15. The summed E-state index contributed by atoms with van der Waals surface area (Å²) in [7, 11) is -1.13. The Morgan fingerprint density at radius 2 is 1.89 bits per heavy atom. The van der Waals surface area contributed by atoms with E-state index in [-0.39, 0.29) is 0 Å². The molecule has 0 radical (unpaired) electrons. The molecule has 3 aromatic heterocycles. The summed E-state index contributed by atoms with van der Waals surface area (Å²) < 4.78 is 14.3. The van der Waals surface area contributed by atoms with E-state index in [1.807, 2.05) is 6.33 Å². The largest absolute Gasteiger partial charge is 0.382 e. The van der Waals surface area contributed by atoms with Gasteiger partial charge in [-0.25, -0.2) is 19.9 Å². The number of nitrogens with two attached hydrogens (primary N) is 1. The molecule has 7 nitrogen and oxygen atoms in total. The van der Waals surface area contributed by atoms with Gasteiger partial charge < -0.3 is 10.3 Å². The number of aromatic nitrogens is 5. The van der Waals surface area contributed by atoms with Crippen molar-refractivity contribution in [2.75, 3.05) is 11.5 Å². The quantitative estimate of drug-likeness (QED) is 0.471. The highest BCUT2D eigenvalue weighted by Crippen LogP contribution is 2.28. The number of aryl methyl sites for hydroxylation is 2. The fourth-order valence-electron chi connectivity index (χ4n) is 3.27. The van der Waals surface area contributed by atoms with Crippen molar-refractivity contribution >= 4 is 27.7 Å². The van der Waals surface area contributed by atoms with Crippen LogP contribution in [-0.4, -0.2) is 34.5 Å². The van der Waals surface area contributed by atoms with Gasteiger partial charge in [0, 0.05) is 24.7 Å². The lowest BCUT2D eigenvalue weighted by Gasteiger charge is -2.13. The van der Waals surface area contributed by atoms with Crippen LogP contribution < -0.4 is 5.73 Å². The fraction of sp³-hybridized carbons (Fsp3) is 0.474. The van der Waals surface area contributed by atoms with Crippen molar-refractivity contribution in [3.63, 3.8) is 0 Å². The van der Waals surface area contributed by atoms with Crippen LogP contribution in [0.15, 0.2) is 29.9 Å². The third kappa shape index (κ3) is 4.32. The zero-order valence-corrected chi connectivity index (χ0v) is 16.9. The van der Waals surface area contributed by atoms with Gasteiger partial charge >= 0.3 is 0 Å². The van der Waals surface area contributed by atoms with Crippen molar-refractivity contribution in [1.29, 1.82) is 0 Å². The van der Waals surface area contributed by atoms with Crippen molar-refractivity contribution in [3.8, 4) is 0 Å². The Bertz CT molecular complexity index is 938. The molecule has 3 rings (SSSR count). The molecule has 0 amide bonds. The summed E-state index contributed by atoms with van der Waals surface area (Å²) in [5.74, 6) is 1.40. The molecular formula is C19H26N6OS. The molecule has 27 heavy (non-hydrogen) atoms. The molecule has 0 aliphatic carbocycles. The third-order valence-electron chi connectivity index (χ3n) is 4.58. The number of rotatable bonds is 8. The number of anilines is 1. The molecule has 0 bridgehead atoms. The van der Waals surface area contributed by atoms with E-state index in [2.05, 4.69) is 45.3 Å². The molecule has 0 aliphatic heterocycles. The molecule has 0 saturated heterocycles. The molecule has 8 heteroatoms. The van der Waals surface area contributed by atoms with Gasteiger partial charge in [0.15, 0.2) is 5.82 Å². The topological polar surface area (TPSA) is 99.6 Å². The van der Waals surface area contributed by atoms with E-state index in [0.717, 1.165) is 48.1 Å². The molecule has 1 atom stereocenters. The van der Waals surface area contributed by atoms with E-state index < -0.39 is 10.8 Å². The van der Waals surface area contributed by atoms with E-state index in [1.165, 1.54) is 0 Å². The first-order valence-corrected chi connectivity index (χ1v) is 10.6. The van der Waals surface area contributed by atoms with Crippen LogP contribution in [0.1, 0.15) is 50.3 Å². The lowest BCUT2D eigenvalue weighted by Crippen LogP contribution is -2.06. The van der Waals surface area contributed by atoms with Crippen molar-refractivity contribution in [2.45, 2.75) is 57.7 Å². The highest BCUT2D eigenvalue weighted by molar-refractivity contribution is 7.84. The molecule has 144 valence electrons. The lowest BCUT2D eigenvalue weighted by atomic mass is 10.0. The number of unbranched alkanes of at least 4 members (excludes halogenated alkanes) is 2. The first-order chi connectivity index (χ1) is 13.0. The zero-order chi connectivity index (χ0) is 19.4. The maximum atomic E-state index is 12.1. The number of nitrogen functional groups attached to an aromatic ring is 1. The van der Waals surface area contributed by atoms with Crippen LogP contribution in [0.4, 0.5) is 5.82 Å². The smallest absolute Gasteiger partial charge is 0.218 e. The Morgan fingerprint density at radius 1 is 1.15 bits per heavy atom. The second-order valence-electron chi connectivity index (χ2n) is 6.94. The molecule has 1 unspecified atom stereocenters. The number of hydrogen-bond acceptors (Lipinski definition) is 6. The molecule has 0 fully saturated rings. The Labute approximate surface area is 161 Å². The minimum absolute atomic E-state index is 0.315. The first-order valence-electron chi connectivity index (χ1n) is 9.25. The van der Waals surface area contributed by atoms with Gasteiger partial charge in [-0.2, -0.15) is 0 Å². The summed E-state index contributed by atoms with van der Waals surface area (Å²) in [6.07, 6.45) is 7.93. The molecule has 0 saturated carbocycles. The van der Waals surface area contributed by atoms with Crippen molar-refractivity contribution in [1.82, 2.24) is 24.5 Å². The molecule has 0 aromatic carbocycles. The SMILES string of the molecule is Cc1c(C(C)C)nc(N)c2ncn(CCCCCS(=O)c3ncccn3)c12. The van der Waals surface area contributed by atoms with Gasteiger partial charge in [-0.15, -0.1) is 0 Å². The predicted octanol–water partition coefficient (Wildman–Crippen LogP) is 3.21. The van der Waals surface area contributed by atoms with Crippen LogP contribution in [0.25, 0.3) is 11.0 Å². The second-order valence-corrected chi connectivity index (χ2v) is 8.40. The van der Waals surface area contributed by atoms with Crippen LogP contribution in [0.3, 0.4) is 0 Å². The molecule has 3 aromatic rings. The molecule has 3 heterocycles. The maximum absolute atomic E-state index is 12.1. The first kappa shape index (κ1) is 19.4. The minimum atomic E-state index is -1.13. The van der Waals surface area contributed by atoms with Crippen LogP contribution >= 0.6 is 0 Å². The highest BCUT2D eigenvalue weighted by Gasteiger charge is 2.16. The van der Waals surface area contributed by atoms with Gasteiger partial charge in [-0.1, -0.05) is 20.3 Å². The summed E-state index contributed by atoms with van der Waals surface area (Å²) in [4.78, 5) is 17.1. The standard InChI is InChI=1S/C19H26N6OS/c1-13(2)15-14(3)17-16(18(20)24-15)23-12-25(17)10-5-4-6-11-27(26)19-21-8-7-9-22-19/h7-9,12-13H,4-6,10-11H2,1-3H3,(H2,20,24). The molecule has 0 spiro atoms. The minimum Gasteiger partial charge on any atom is -0.382 e. The van der Waals surface area contributed by atoms with Gasteiger partial charge in [0.2, 0.25) is 5.16 Å². The number of imidazole rings is 1. The number of hydrogen-bond donors (Lipinski definition) is 1. The van der Waals surface area contributed by atoms with E-state index in [0.29, 0.717) is 22.6 Å². The zero-order valence-electron chi connectivity index (χ0n) is 16.1. The lowest BCUT2D eigenvalue weighted by molar-refractivity contribution is 0.609. The molecule has 0 aliphatic rings. The second kappa shape index (κ2) is 8.56. The van der Waals surface area contributed by atoms with Gasteiger partial charge in [0.05, 0.1) is 28.3 Å². The third-order valence-corrected chi connectivity index (χ3v) is 5.86. The summed E-state index contributed by atoms with van der Waals surface area (Å²) in [5, 5.41) is 0.415. The van der Waals surface area contributed by atoms with E-state index in [4.69, 9.17) is 5.73 Å². The van der Waals surface area contributed by atoms with Crippen molar-refractivity contribution < 1.29 is 4.21 Å². The van der Waals surface area contributed by atoms with Crippen molar-refractivity contribution in [3.05, 3.63) is 36.0 Å². The highest BCUT2D eigenvalue weighted by atomic mass is 32.2. The number of fused-ring (bicyclic) bond motifs is 1. The number of pyridine rings is 1. The summed E-state index contributed by atoms with van der Waals surface area (Å²) in [6, 6.07) is 1.73. The predicted molar refractivity (Wildman–Crippen MR) is 108 cm³/mol. The van der Waals surface area contributed by atoms with Crippen LogP contribution in [0.2, 0.25) is 0 Å². The maximum Gasteiger partial charge on any atom is 0.218 e. The van der Waals surface area contributed by atoms with Gasteiger partial charge in [0.25, 0.3) is 0 Å². The monoisotopic (exact) mass is 386 g/mol. The van der Waals surface area contributed by atoms with Gasteiger partial charge in [0.1, 0.15) is 5.52 Å². The molecular weight excluding hydrogens is 360 g/mol. The Morgan fingerprint density at radius 3 is 2.59 bits per heavy atom. The van der Waals surface area contributed by atoms with E-state index in [9.17, 15) is 4.21 Å². The van der Waals surface area contributed by atoms with E-state index >= 15 is 0 Å². The summed E-state index contributed by atoms with van der Waals surface area (Å²) in [5.41, 5.74) is 10.1. The summed E-state index contributed by atoms with van der Waals surface area (Å²) >= 11 is 0. The van der Waals surface area contributed by atoms with Crippen LogP contribution in [0.5, 0.6) is 0 Å². The van der Waals surface area contributed by atoms with Crippen LogP contribution in [0, 0.1) is 6.92 Å². The summed E-state index contributed by atoms with van der Waals surface area (Å²) in [6.45, 7) is 7.19. The van der Waals surface area contributed by atoms with Crippen molar-refractivity contribution in [2.24, 2.45) is 0 Å².